The van der Waals surface area contributed by atoms with Gasteiger partial charge in [0.25, 0.3) is 5.91 Å². The van der Waals surface area contributed by atoms with Gasteiger partial charge in [-0.1, -0.05) is 13.0 Å². The Kier molecular flexibility index (Phi) is 4.20. The van der Waals surface area contributed by atoms with Crippen LogP contribution in [0.4, 0.5) is 0 Å². The first-order chi connectivity index (χ1) is 10.3. The second-order valence-corrected chi connectivity index (χ2v) is 5.75. The molecule has 0 unspecified atom stereocenters. The van der Waals surface area contributed by atoms with E-state index < -0.39 is 0 Å². The van der Waals surface area contributed by atoms with Crippen LogP contribution in [0.25, 0.3) is 10.9 Å². The molecule has 0 radical (unpaired) electrons. The van der Waals surface area contributed by atoms with Gasteiger partial charge in [-0.05, 0) is 44.0 Å². The number of aromatic amines is 1. The van der Waals surface area contributed by atoms with Crippen LogP contribution in [-0.4, -0.2) is 47.2 Å². The third kappa shape index (κ3) is 3.08. The highest BCUT2D eigenvalue weighted by atomic mass is 16.1. The van der Waals surface area contributed by atoms with Crippen LogP contribution in [-0.2, 0) is 0 Å². The van der Waals surface area contributed by atoms with Gasteiger partial charge in [-0.25, -0.2) is 0 Å². The van der Waals surface area contributed by atoms with Crippen LogP contribution in [0.3, 0.4) is 0 Å². The van der Waals surface area contributed by atoms with E-state index in [9.17, 15) is 4.79 Å². The summed E-state index contributed by atoms with van der Waals surface area (Å²) in [5.74, 6) is 0.557. The van der Waals surface area contributed by atoms with Crippen LogP contribution < -0.4 is 5.32 Å². The standard InChI is InChI=1S/C16H22N4O/c1-2-20-8-4-5-12(11-20)9-17-16(21)13-6-3-7-15-14(13)10-18-19-15/h3,6-7,10,12H,2,4-5,8-9,11H2,1H3,(H,17,21)(H,18,19)/t12-/m1/s1. The summed E-state index contributed by atoms with van der Waals surface area (Å²) in [6, 6.07) is 5.67. The number of H-pyrrole nitrogens is 1. The molecule has 3 rings (SSSR count). The van der Waals surface area contributed by atoms with Crippen LogP contribution in [0.5, 0.6) is 0 Å². The van der Waals surface area contributed by atoms with Gasteiger partial charge >= 0.3 is 0 Å². The van der Waals surface area contributed by atoms with Gasteiger partial charge in [0.1, 0.15) is 0 Å². The summed E-state index contributed by atoms with van der Waals surface area (Å²) < 4.78 is 0. The Morgan fingerprint density at radius 1 is 1.52 bits per heavy atom. The third-order valence-corrected chi connectivity index (χ3v) is 4.33. The number of nitrogens with zero attached hydrogens (tertiary/aromatic N) is 2. The zero-order chi connectivity index (χ0) is 14.7. The summed E-state index contributed by atoms with van der Waals surface area (Å²) in [6.07, 6.45) is 4.14. The first-order valence-corrected chi connectivity index (χ1v) is 7.70. The molecule has 1 saturated heterocycles. The Balaban J connectivity index is 1.63. The molecule has 1 aromatic heterocycles. The second-order valence-electron chi connectivity index (χ2n) is 5.75. The Morgan fingerprint density at radius 2 is 2.43 bits per heavy atom. The molecule has 1 aliphatic heterocycles. The van der Waals surface area contributed by atoms with Crippen molar-refractivity contribution in [3.8, 4) is 0 Å². The van der Waals surface area contributed by atoms with Crippen molar-refractivity contribution in [1.29, 1.82) is 0 Å². The number of hydrogen-bond donors (Lipinski definition) is 2. The van der Waals surface area contributed by atoms with Gasteiger partial charge in [0, 0.05) is 18.5 Å². The van der Waals surface area contributed by atoms with Crippen molar-refractivity contribution in [3.63, 3.8) is 0 Å². The van der Waals surface area contributed by atoms with Crippen molar-refractivity contribution in [1.82, 2.24) is 20.4 Å². The first kappa shape index (κ1) is 14.1. The number of carbonyl (C=O) groups is 1. The summed E-state index contributed by atoms with van der Waals surface area (Å²) in [6.45, 7) is 6.32. The molecule has 1 aliphatic rings. The average molecular weight is 286 g/mol. The van der Waals surface area contributed by atoms with E-state index in [-0.39, 0.29) is 5.91 Å². The molecule has 5 nitrogen and oxygen atoms in total. The van der Waals surface area contributed by atoms with E-state index in [1.54, 1.807) is 6.20 Å². The fourth-order valence-electron chi connectivity index (χ4n) is 3.10. The Labute approximate surface area is 124 Å². The van der Waals surface area contributed by atoms with Crippen LogP contribution in [0.15, 0.2) is 24.4 Å². The molecule has 1 atom stereocenters. The van der Waals surface area contributed by atoms with Gasteiger partial charge in [-0.15, -0.1) is 0 Å². The molecule has 0 saturated carbocycles. The van der Waals surface area contributed by atoms with Gasteiger partial charge in [0.2, 0.25) is 0 Å². The predicted molar refractivity (Wildman–Crippen MR) is 83.3 cm³/mol. The lowest BCUT2D eigenvalue weighted by Gasteiger charge is -2.31. The molecule has 2 N–H and O–H groups in total. The molecular formula is C16H22N4O. The number of piperidine rings is 1. The highest BCUT2D eigenvalue weighted by Crippen LogP contribution is 2.17. The SMILES string of the molecule is CCN1CCC[C@H](CNC(=O)c2cccc3[nH]ncc23)C1. The van der Waals surface area contributed by atoms with E-state index in [1.807, 2.05) is 18.2 Å². The molecule has 2 heterocycles. The lowest BCUT2D eigenvalue weighted by Crippen LogP contribution is -2.40. The maximum atomic E-state index is 12.4. The molecule has 2 aromatic rings. The zero-order valence-electron chi connectivity index (χ0n) is 12.4. The lowest BCUT2D eigenvalue weighted by atomic mass is 9.98. The highest BCUT2D eigenvalue weighted by molar-refractivity contribution is 6.05. The van der Waals surface area contributed by atoms with E-state index in [0.717, 1.165) is 30.5 Å². The van der Waals surface area contributed by atoms with Gasteiger partial charge in [-0.3, -0.25) is 9.89 Å². The molecular weight excluding hydrogens is 264 g/mol. The monoisotopic (exact) mass is 286 g/mol. The molecule has 0 bridgehead atoms. The first-order valence-electron chi connectivity index (χ1n) is 7.70. The van der Waals surface area contributed by atoms with Crippen molar-refractivity contribution in [2.24, 2.45) is 5.92 Å². The molecule has 21 heavy (non-hydrogen) atoms. The number of amides is 1. The third-order valence-electron chi connectivity index (χ3n) is 4.33. The number of aromatic nitrogens is 2. The molecule has 0 spiro atoms. The number of hydrogen-bond acceptors (Lipinski definition) is 3. The van der Waals surface area contributed by atoms with Crippen LogP contribution in [0.1, 0.15) is 30.1 Å². The summed E-state index contributed by atoms with van der Waals surface area (Å²) in [5.41, 5.74) is 1.60. The largest absolute Gasteiger partial charge is 0.352 e. The molecule has 1 fully saturated rings. The minimum Gasteiger partial charge on any atom is -0.352 e. The molecule has 5 heteroatoms. The summed E-state index contributed by atoms with van der Waals surface area (Å²) in [7, 11) is 0. The van der Waals surface area contributed by atoms with Gasteiger partial charge in [0.05, 0.1) is 17.3 Å². The maximum Gasteiger partial charge on any atom is 0.252 e. The van der Waals surface area contributed by atoms with E-state index in [0.29, 0.717) is 11.5 Å². The van der Waals surface area contributed by atoms with E-state index >= 15 is 0 Å². The van der Waals surface area contributed by atoms with E-state index in [4.69, 9.17) is 0 Å². The van der Waals surface area contributed by atoms with Crippen LogP contribution >= 0.6 is 0 Å². The minimum absolute atomic E-state index is 0.00405. The zero-order valence-corrected chi connectivity index (χ0v) is 12.4. The second kappa shape index (κ2) is 6.26. The molecule has 0 aliphatic carbocycles. The summed E-state index contributed by atoms with van der Waals surface area (Å²) in [4.78, 5) is 14.8. The molecule has 112 valence electrons. The van der Waals surface area contributed by atoms with Crippen molar-refractivity contribution in [3.05, 3.63) is 30.0 Å². The predicted octanol–water partition coefficient (Wildman–Crippen LogP) is 2.02. The van der Waals surface area contributed by atoms with Gasteiger partial charge in [0.15, 0.2) is 0 Å². The highest BCUT2D eigenvalue weighted by Gasteiger charge is 2.20. The number of carbonyl (C=O) groups excluding carboxylic acids is 1. The van der Waals surface area contributed by atoms with Crippen molar-refractivity contribution in [2.75, 3.05) is 26.2 Å². The Hall–Kier alpha value is -1.88. The van der Waals surface area contributed by atoms with Crippen LogP contribution in [0, 0.1) is 5.92 Å². The van der Waals surface area contributed by atoms with Gasteiger partial charge in [-0.2, -0.15) is 5.10 Å². The molecule has 1 amide bonds. The lowest BCUT2D eigenvalue weighted by molar-refractivity contribution is 0.0935. The Bertz CT molecular complexity index is 622. The van der Waals surface area contributed by atoms with E-state index in [2.05, 4.69) is 27.3 Å². The van der Waals surface area contributed by atoms with E-state index in [1.165, 1.54) is 19.4 Å². The number of nitrogens with one attached hydrogen (secondary N) is 2. The number of likely N-dealkylation sites (tertiary alicyclic amines) is 1. The maximum absolute atomic E-state index is 12.4. The van der Waals surface area contributed by atoms with Gasteiger partial charge < -0.3 is 10.2 Å². The normalized spacial score (nSPS) is 19.8. The number of rotatable bonds is 4. The quantitative estimate of drug-likeness (QED) is 0.904. The summed E-state index contributed by atoms with van der Waals surface area (Å²) >= 11 is 0. The smallest absolute Gasteiger partial charge is 0.252 e. The summed E-state index contributed by atoms with van der Waals surface area (Å²) in [5, 5.41) is 10.9. The Morgan fingerprint density at radius 3 is 3.29 bits per heavy atom. The van der Waals surface area contributed by atoms with Crippen molar-refractivity contribution >= 4 is 16.8 Å². The minimum atomic E-state index is -0.00405. The number of fused-ring (bicyclic) bond motifs is 1. The fourth-order valence-corrected chi connectivity index (χ4v) is 3.10. The topological polar surface area (TPSA) is 61.0 Å². The van der Waals surface area contributed by atoms with Crippen molar-refractivity contribution < 1.29 is 4.79 Å². The fraction of sp³-hybridized carbons (Fsp3) is 0.500. The average Bonchev–Trinajstić information content (AvgIpc) is 3.01. The molecule has 1 aromatic carbocycles. The van der Waals surface area contributed by atoms with Crippen molar-refractivity contribution in [2.45, 2.75) is 19.8 Å². The number of benzene rings is 1. The van der Waals surface area contributed by atoms with Crippen LogP contribution in [0.2, 0.25) is 0 Å².